The van der Waals surface area contributed by atoms with E-state index in [0.717, 1.165) is 48.7 Å². The molecule has 33 heavy (non-hydrogen) atoms. The summed E-state index contributed by atoms with van der Waals surface area (Å²) in [6.07, 6.45) is 4.71. The molecule has 0 atom stereocenters. The summed E-state index contributed by atoms with van der Waals surface area (Å²) in [4.78, 5) is 16.7. The molecule has 0 amide bonds. The molecule has 0 aliphatic carbocycles. The van der Waals surface area contributed by atoms with E-state index < -0.39 is 5.97 Å². The number of nitrogens with zero attached hydrogens (tertiary/aromatic N) is 2. The molecule has 1 aliphatic rings. The molecule has 7 heteroatoms. The fourth-order valence-corrected chi connectivity index (χ4v) is 5.07. The van der Waals surface area contributed by atoms with Crippen molar-refractivity contribution in [3.63, 3.8) is 0 Å². The summed E-state index contributed by atoms with van der Waals surface area (Å²) in [5.74, 6) is 0.941. The standard InChI is InChI=1S/C26H30N2O4S/c1-3-19-4-8-21(9-5-19)33-28-14-12-22-23(16-28)20(7-11-26(29)30)6-10-25(22)31-15-13-24-18(2)32-17-27-24/h4-6,8-10,17H,3,7,11-16H2,1-2H3,(H,29,30). The number of ether oxygens (including phenoxy) is 1. The molecule has 0 spiro atoms. The molecule has 0 saturated carbocycles. The third-order valence-corrected chi connectivity index (χ3v) is 7.10. The SMILES string of the molecule is CCc1ccc(SN2CCc3c(OCCc4ncoc4C)ccc(CCC(=O)O)c3C2)cc1. The molecule has 1 N–H and O–H groups in total. The van der Waals surface area contributed by atoms with E-state index in [2.05, 4.69) is 40.5 Å². The topological polar surface area (TPSA) is 75.8 Å². The van der Waals surface area contributed by atoms with Crippen LogP contribution in [0.5, 0.6) is 5.75 Å². The zero-order chi connectivity index (χ0) is 23.2. The Hall–Kier alpha value is -2.77. The van der Waals surface area contributed by atoms with Crippen molar-refractivity contribution < 1.29 is 19.1 Å². The Morgan fingerprint density at radius 1 is 1.18 bits per heavy atom. The number of aromatic nitrogens is 1. The summed E-state index contributed by atoms with van der Waals surface area (Å²) in [6.45, 7) is 6.27. The van der Waals surface area contributed by atoms with Crippen molar-refractivity contribution in [3.8, 4) is 5.75 Å². The van der Waals surface area contributed by atoms with Crippen LogP contribution < -0.4 is 4.74 Å². The van der Waals surface area contributed by atoms with Gasteiger partial charge in [0.25, 0.3) is 0 Å². The van der Waals surface area contributed by atoms with Gasteiger partial charge in [-0.2, -0.15) is 0 Å². The molecule has 0 bridgehead atoms. The van der Waals surface area contributed by atoms with Crippen LogP contribution in [0.25, 0.3) is 0 Å². The van der Waals surface area contributed by atoms with E-state index in [-0.39, 0.29) is 6.42 Å². The van der Waals surface area contributed by atoms with Crippen molar-refractivity contribution in [2.75, 3.05) is 13.2 Å². The number of rotatable bonds is 10. The van der Waals surface area contributed by atoms with Gasteiger partial charge in [-0.15, -0.1) is 0 Å². The Bertz CT molecular complexity index is 1090. The Balaban J connectivity index is 1.49. The summed E-state index contributed by atoms with van der Waals surface area (Å²) in [5, 5.41) is 9.20. The molecule has 174 valence electrons. The lowest BCUT2D eigenvalue weighted by Crippen LogP contribution is -2.26. The van der Waals surface area contributed by atoms with Gasteiger partial charge >= 0.3 is 5.97 Å². The predicted octanol–water partition coefficient (Wildman–Crippen LogP) is 5.25. The minimum atomic E-state index is -0.773. The van der Waals surface area contributed by atoms with Crippen molar-refractivity contribution in [2.45, 2.75) is 57.4 Å². The van der Waals surface area contributed by atoms with Gasteiger partial charge in [-0.3, -0.25) is 4.79 Å². The van der Waals surface area contributed by atoms with Gasteiger partial charge < -0.3 is 14.3 Å². The number of benzene rings is 2. The Morgan fingerprint density at radius 2 is 2.00 bits per heavy atom. The molecule has 1 aliphatic heterocycles. The lowest BCUT2D eigenvalue weighted by molar-refractivity contribution is -0.136. The van der Waals surface area contributed by atoms with Crippen LogP contribution in [0.2, 0.25) is 0 Å². The second-order valence-electron chi connectivity index (χ2n) is 8.23. The third kappa shape index (κ3) is 5.97. The molecule has 0 saturated heterocycles. The molecule has 3 aromatic rings. The van der Waals surface area contributed by atoms with E-state index >= 15 is 0 Å². The second kappa shape index (κ2) is 10.9. The first-order chi connectivity index (χ1) is 16.0. The van der Waals surface area contributed by atoms with Crippen LogP contribution in [0.4, 0.5) is 0 Å². The highest BCUT2D eigenvalue weighted by Gasteiger charge is 2.23. The number of carbonyl (C=O) groups is 1. The zero-order valence-electron chi connectivity index (χ0n) is 19.2. The molecular weight excluding hydrogens is 436 g/mol. The number of oxazole rings is 1. The maximum Gasteiger partial charge on any atom is 0.303 e. The number of fused-ring (bicyclic) bond motifs is 1. The van der Waals surface area contributed by atoms with Gasteiger partial charge in [0.1, 0.15) is 11.5 Å². The Labute approximate surface area is 199 Å². The van der Waals surface area contributed by atoms with Gasteiger partial charge in [0.15, 0.2) is 6.39 Å². The highest BCUT2D eigenvalue weighted by Crippen LogP contribution is 2.36. The van der Waals surface area contributed by atoms with Crippen LogP contribution in [0.3, 0.4) is 0 Å². The third-order valence-electron chi connectivity index (χ3n) is 6.05. The van der Waals surface area contributed by atoms with Crippen molar-refractivity contribution in [1.82, 2.24) is 9.29 Å². The monoisotopic (exact) mass is 466 g/mol. The Morgan fingerprint density at radius 3 is 2.70 bits per heavy atom. The summed E-state index contributed by atoms with van der Waals surface area (Å²) in [7, 11) is 0. The average molecular weight is 467 g/mol. The lowest BCUT2D eigenvalue weighted by atomic mass is 9.92. The number of aliphatic carboxylic acids is 1. The molecule has 2 heterocycles. The largest absolute Gasteiger partial charge is 0.493 e. The van der Waals surface area contributed by atoms with Gasteiger partial charge in [0.05, 0.1) is 12.3 Å². The predicted molar refractivity (Wildman–Crippen MR) is 129 cm³/mol. The van der Waals surface area contributed by atoms with Crippen molar-refractivity contribution in [2.24, 2.45) is 0 Å². The van der Waals surface area contributed by atoms with Crippen LogP contribution in [0, 0.1) is 6.92 Å². The van der Waals surface area contributed by atoms with Crippen LogP contribution in [0.1, 0.15) is 47.1 Å². The Kier molecular flexibility index (Phi) is 7.73. The molecule has 0 fully saturated rings. The first-order valence-electron chi connectivity index (χ1n) is 11.4. The minimum absolute atomic E-state index is 0.129. The summed E-state index contributed by atoms with van der Waals surface area (Å²) >= 11 is 1.76. The van der Waals surface area contributed by atoms with Gasteiger partial charge in [0, 0.05) is 36.4 Å². The molecule has 2 aromatic carbocycles. The molecule has 0 radical (unpaired) electrons. The summed E-state index contributed by atoms with van der Waals surface area (Å²) < 4.78 is 13.8. The van der Waals surface area contributed by atoms with Crippen molar-refractivity contribution in [1.29, 1.82) is 0 Å². The normalized spacial score (nSPS) is 13.6. The average Bonchev–Trinajstić information content (AvgIpc) is 3.23. The van der Waals surface area contributed by atoms with E-state index in [0.29, 0.717) is 19.4 Å². The van der Waals surface area contributed by atoms with Crippen LogP contribution >= 0.6 is 11.9 Å². The maximum absolute atomic E-state index is 11.2. The van der Waals surface area contributed by atoms with E-state index in [1.54, 1.807) is 11.9 Å². The molecule has 6 nitrogen and oxygen atoms in total. The second-order valence-corrected chi connectivity index (χ2v) is 9.40. The van der Waals surface area contributed by atoms with Gasteiger partial charge in [-0.05, 0) is 73.0 Å². The fourth-order valence-electron chi connectivity index (χ4n) is 4.13. The van der Waals surface area contributed by atoms with Crippen molar-refractivity contribution >= 4 is 17.9 Å². The summed E-state index contributed by atoms with van der Waals surface area (Å²) in [5.41, 5.74) is 5.75. The molecular formula is C26H30N2O4S. The van der Waals surface area contributed by atoms with Gasteiger partial charge in [-0.25, -0.2) is 9.29 Å². The maximum atomic E-state index is 11.2. The van der Waals surface area contributed by atoms with Crippen LogP contribution in [0.15, 0.2) is 52.1 Å². The molecule has 4 rings (SSSR count). The lowest BCUT2D eigenvalue weighted by Gasteiger charge is -2.30. The van der Waals surface area contributed by atoms with E-state index in [1.165, 1.54) is 28.0 Å². The quantitative estimate of drug-likeness (QED) is 0.409. The van der Waals surface area contributed by atoms with Gasteiger partial charge in [-0.1, -0.05) is 25.1 Å². The van der Waals surface area contributed by atoms with E-state index in [1.807, 2.05) is 19.1 Å². The number of hydrogen-bond donors (Lipinski definition) is 1. The number of carboxylic acid groups (broad SMARTS) is 1. The van der Waals surface area contributed by atoms with Crippen LogP contribution in [-0.2, 0) is 37.0 Å². The minimum Gasteiger partial charge on any atom is -0.493 e. The number of aryl methyl sites for hydroxylation is 3. The van der Waals surface area contributed by atoms with Crippen LogP contribution in [-0.4, -0.2) is 33.5 Å². The zero-order valence-corrected chi connectivity index (χ0v) is 20.0. The molecule has 1 aromatic heterocycles. The van der Waals surface area contributed by atoms with Gasteiger partial charge in [0.2, 0.25) is 0 Å². The number of hydrogen-bond acceptors (Lipinski definition) is 6. The van der Waals surface area contributed by atoms with E-state index in [4.69, 9.17) is 9.15 Å². The van der Waals surface area contributed by atoms with Crippen molar-refractivity contribution in [3.05, 3.63) is 76.5 Å². The smallest absolute Gasteiger partial charge is 0.303 e. The first kappa shape index (κ1) is 23.4. The number of carboxylic acids is 1. The first-order valence-corrected chi connectivity index (χ1v) is 12.2. The molecule has 0 unspecified atom stereocenters. The highest BCUT2D eigenvalue weighted by atomic mass is 32.2. The summed E-state index contributed by atoms with van der Waals surface area (Å²) in [6, 6.07) is 12.7. The highest BCUT2D eigenvalue weighted by molar-refractivity contribution is 7.97. The van der Waals surface area contributed by atoms with E-state index in [9.17, 15) is 9.90 Å². The fraction of sp³-hybridized carbons (Fsp3) is 0.385.